The van der Waals surface area contributed by atoms with E-state index in [1.807, 2.05) is 44.2 Å². The van der Waals surface area contributed by atoms with E-state index in [0.717, 1.165) is 26.9 Å². The van der Waals surface area contributed by atoms with Crippen LogP contribution in [0.1, 0.15) is 29.2 Å². The maximum Gasteiger partial charge on any atom is 0.262 e. The first-order valence-electron chi connectivity index (χ1n) is 9.39. The maximum absolute atomic E-state index is 12.4. The zero-order chi connectivity index (χ0) is 21.3. The molecular weight excluding hydrogens is 450 g/mol. The first-order valence-corrected chi connectivity index (χ1v) is 10.2. The van der Waals surface area contributed by atoms with E-state index in [4.69, 9.17) is 4.74 Å². The van der Waals surface area contributed by atoms with E-state index >= 15 is 0 Å². The van der Waals surface area contributed by atoms with Crippen LogP contribution in [0.5, 0.6) is 5.75 Å². The molecule has 9 heteroatoms. The fourth-order valence-corrected chi connectivity index (χ4v) is 3.70. The Bertz CT molecular complexity index is 1130. The van der Waals surface area contributed by atoms with Crippen molar-refractivity contribution < 1.29 is 14.3 Å². The Morgan fingerprint density at radius 3 is 2.90 bits per heavy atom. The average Bonchev–Trinajstić information content (AvgIpc) is 3.17. The number of hydrogen-bond acceptors (Lipinski definition) is 5. The van der Waals surface area contributed by atoms with Gasteiger partial charge < -0.3 is 10.1 Å². The van der Waals surface area contributed by atoms with Gasteiger partial charge in [0.2, 0.25) is 11.9 Å². The lowest BCUT2D eigenvalue weighted by Crippen LogP contribution is -2.30. The quantitative estimate of drug-likeness (QED) is 0.594. The lowest BCUT2D eigenvalue weighted by molar-refractivity contribution is -0.118. The minimum atomic E-state index is -0.383. The molecule has 154 valence electrons. The molecule has 2 amide bonds. The molecule has 0 unspecified atom stereocenters. The summed E-state index contributed by atoms with van der Waals surface area (Å²) in [7, 11) is 0. The summed E-state index contributed by atoms with van der Waals surface area (Å²) in [5.41, 5.74) is 3.72. The smallest absolute Gasteiger partial charge is 0.262 e. The molecule has 2 aromatic carbocycles. The molecular formula is C21H20BrN5O3. The van der Waals surface area contributed by atoms with Gasteiger partial charge in [-0.3, -0.25) is 14.9 Å². The highest BCUT2D eigenvalue weighted by atomic mass is 79.9. The molecule has 1 atom stereocenters. The highest BCUT2D eigenvalue weighted by Gasteiger charge is 2.30. The van der Waals surface area contributed by atoms with E-state index in [2.05, 4.69) is 36.6 Å². The first-order chi connectivity index (χ1) is 14.4. The lowest BCUT2D eigenvalue weighted by Gasteiger charge is -2.25. The first kappa shape index (κ1) is 20.1. The van der Waals surface area contributed by atoms with Gasteiger partial charge in [0.25, 0.3) is 5.91 Å². The fourth-order valence-electron chi connectivity index (χ4n) is 3.32. The van der Waals surface area contributed by atoms with Crippen LogP contribution in [0.15, 0.2) is 47.2 Å². The van der Waals surface area contributed by atoms with Crippen LogP contribution < -0.4 is 15.4 Å². The summed E-state index contributed by atoms with van der Waals surface area (Å²) in [5.74, 6) is 0.470. The van der Waals surface area contributed by atoms with Gasteiger partial charge in [0.05, 0.1) is 12.5 Å². The molecule has 0 saturated heterocycles. The molecule has 0 spiro atoms. The van der Waals surface area contributed by atoms with Crippen LogP contribution in [-0.4, -0.2) is 33.2 Å². The second-order valence-corrected chi connectivity index (χ2v) is 8.03. The van der Waals surface area contributed by atoms with Gasteiger partial charge in [-0.05, 0) is 55.3 Å². The monoisotopic (exact) mass is 469 g/mol. The van der Waals surface area contributed by atoms with Gasteiger partial charge in [-0.15, -0.1) is 0 Å². The van der Waals surface area contributed by atoms with Crippen LogP contribution in [0.2, 0.25) is 0 Å². The minimum absolute atomic E-state index is 0.154. The molecule has 0 saturated carbocycles. The summed E-state index contributed by atoms with van der Waals surface area (Å²) in [5, 5.41) is 9.76. The van der Waals surface area contributed by atoms with E-state index in [1.165, 1.54) is 6.33 Å². The van der Waals surface area contributed by atoms with Crippen LogP contribution >= 0.6 is 15.9 Å². The van der Waals surface area contributed by atoms with Gasteiger partial charge in [-0.2, -0.15) is 10.1 Å². The van der Waals surface area contributed by atoms with Crippen molar-refractivity contribution in [3.63, 3.8) is 0 Å². The molecule has 0 radical (unpaired) electrons. The van der Waals surface area contributed by atoms with Crippen molar-refractivity contribution in [3.8, 4) is 5.75 Å². The highest BCUT2D eigenvalue weighted by Crippen LogP contribution is 2.36. The number of hydrogen-bond donors (Lipinski definition) is 2. The van der Waals surface area contributed by atoms with E-state index in [1.54, 1.807) is 10.7 Å². The molecule has 30 heavy (non-hydrogen) atoms. The van der Waals surface area contributed by atoms with Gasteiger partial charge >= 0.3 is 0 Å². The van der Waals surface area contributed by atoms with Gasteiger partial charge in [0.1, 0.15) is 12.1 Å². The summed E-state index contributed by atoms with van der Waals surface area (Å²) in [6, 6.07) is 10.8. The Labute approximate surface area is 181 Å². The fraction of sp³-hybridized carbons (Fsp3) is 0.238. The van der Waals surface area contributed by atoms with E-state index in [0.29, 0.717) is 11.7 Å². The molecule has 4 rings (SSSR count). The number of anilines is 2. The Hall–Kier alpha value is -3.20. The number of benzene rings is 2. The molecule has 1 aliphatic rings. The Morgan fingerprint density at radius 2 is 2.10 bits per heavy atom. The van der Waals surface area contributed by atoms with Gasteiger partial charge in [0, 0.05) is 15.7 Å². The average molecular weight is 470 g/mol. The van der Waals surface area contributed by atoms with Gasteiger partial charge in [-0.25, -0.2) is 4.68 Å². The number of carbonyl (C=O) groups is 2. The number of amides is 2. The summed E-state index contributed by atoms with van der Waals surface area (Å²) in [4.78, 5) is 28.6. The molecule has 0 aliphatic carbocycles. The predicted molar refractivity (Wildman–Crippen MR) is 116 cm³/mol. The van der Waals surface area contributed by atoms with Crippen LogP contribution in [0.4, 0.5) is 11.6 Å². The number of rotatable bonds is 5. The number of nitrogens with zero attached hydrogens (tertiary/aromatic N) is 3. The Morgan fingerprint density at radius 1 is 1.27 bits per heavy atom. The number of ether oxygens (including phenoxy) is 1. The molecule has 1 aliphatic heterocycles. The molecule has 2 heterocycles. The zero-order valence-corrected chi connectivity index (χ0v) is 18.1. The largest absolute Gasteiger partial charge is 0.483 e. The normalized spacial score (nSPS) is 15.3. The van der Waals surface area contributed by atoms with E-state index < -0.39 is 0 Å². The number of nitrogens with one attached hydrogen (secondary N) is 2. The molecule has 3 aromatic rings. The molecule has 0 fully saturated rings. The number of fused-ring (bicyclic) bond motifs is 1. The number of carbonyl (C=O) groups excluding carboxylic acids is 2. The van der Waals surface area contributed by atoms with Crippen molar-refractivity contribution in [1.29, 1.82) is 0 Å². The zero-order valence-electron chi connectivity index (χ0n) is 16.5. The van der Waals surface area contributed by atoms with Crippen molar-refractivity contribution in [3.05, 3.63) is 63.9 Å². The topological polar surface area (TPSA) is 98.1 Å². The summed E-state index contributed by atoms with van der Waals surface area (Å²) in [6.45, 7) is 3.85. The van der Waals surface area contributed by atoms with Crippen molar-refractivity contribution in [2.24, 2.45) is 0 Å². The molecule has 8 nitrogen and oxygen atoms in total. The number of aryl methyl sites for hydroxylation is 2. The highest BCUT2D eigenvalue weighted by molar-refractivity contribution is 9.10. The van der Waals surface area contributed by atoms with E-state index in [9.17, 15) is 9.59 Å². The Balaban J connectivity index is 1.52. The molecule has 0 bridgehead atoms. The van der Waals surface area contributed by atoms with Crippen LogP contribution in [0, 0.1) is 13.8 Å². The number of aromatic nitrogens is 3. The second kappa shape index (κ2) is 8.27. The van der Waals surface area contributed by atoms with Crippen molar-refractivity contribution in [2.75, 3.05) is 17.2 Å². The van der Waals surface area contributed by atoms with E-state index in [-0.39, 0.29) is 30.9 Å². The third-order valence-electron chi connectivity index (χ3n) is 4.98. The van der Waals surface area contributed by atoms with Crippen LogP contribution in [0.25, 0.3) is 0 Å². The second-order valence-electron chi connectivity index (χ2n) is 7.11. The van der Waals surface area contributed by atoms with Crippen molar-refractivity contribution in [2.45, 2.75) is 26.3 Å². The number of halogens is 1. The van der Waals surface area contributed by atoms with Crippen LogP contribution in [0.3, 0.4) is 0 Å². The van der Waals surface area contributed by atoms with Gasteiger partial charge in [0.15, 0.2) is 6.61 Å². The minimum Gasteiger partial charge on any atom is -0.483 e. The molecule has 1 aromatic heterocycles. The standard InChI is InChI=1S/C21H20BrN5O3/c1-12-3-5-15(7-13(12)2)25-20(29)10-30-18-6-4-14(22)8-16(18)17-9-19(28)26-21-23-11-24-27(17)21/h3-8,11,17H,9-10H2,1-2H3,(H,25,29)(H,23,24,26,28)/t17-/m0/s1. The van der Waals surface area contributed by atoms with Crippen molar-refractivity contribution in [1.82, 2.24) is 14.8 Å². The third-order valence-corrected chi connectivity index (χ3v) is 5.47. The predicted octanol–water partition coefficient (Wildman–Crippen LogP) is 3.61. The summed E-state index contributed by atoms with van der Waals surface area (Å²) < 4.78 is 8.31. The SMILES string of the molecule is Cc1ccc(NC(=O)COc2ccc(Br)cc2[C@@H]2CC(=O)Nc3ncnn32)cc1C. The maximum atomic E-state index is 12.4. The third kappa shape index (κ3) is 4.20. The Kier molecular flexibility index (Phi) is 5.54. The van der Waals surface area contributed by atoms with Crippen LogP contribution in [-0.2, 0) is 9.59 Å². The van der Waals surface area contributed by atoms with Crippen molar-refractivity contribution >= 4 is 39.4 Å². The summed E-state index contributed by atoms with van der Waals surface area (Å²) in [6.07, 6.45) is 1.58. The lowest BCUT2D eigenvalue weighted by atomic mass is 10.0. The molecule has 2 N–H and O–H groups in total. The van der Waals surface area contributed by atoms with Gasteiger partial charge in [-0.1, -0.05) is 22.0 Å². The summed E-state index contributed by atoms with van der Waals surface area (Å²) >= 11 is 3.46.